The van der Waals surface area contributed by atoms with Crippen molar-refractivity contribution in [2.45, 2.75) is 231 Å². The molecule has 0 spiro atoms. The van der Waals surface area contributed by atoms with Crippen molar-refractivity contribution < 1.29 is 25.2 Å². The number of nitrogens with one attached hydrogen (secondary N) is 1. The number of carbonyl (C=O) groups is 1. The molecule has 4 atom stereocenters. The fourth-order valence-corrected chi connectivity index (χ4v) is 6.30. The molecule has 0 saturated heterocycles. The number of unbranched alkanes of at least 4 members (excludes halogenated alkanes) is 24. The van der Waals surface area contributed by atoms with E-state index in [1.165, 1.54) is 128 Å². The molecule has 6 nitrogen and oxygen atoms in total. The van der Waals surface area contributed by atoms with Crippen LogP contribution < -0.4 is 5.32 Å². The number of hydrogen-bond acceptors (Lipinski definition) is 5. The highest BCUT2D eigenvalue weighted by atomic mass is 16.3. The quantitative estimate of drug-likeness (QED) is 0.0332. The molecule has 0 aromatic rings. The van der Waals surface area contributed by atoms with Gasteiger partial charge in [0, 0.05) is 0 Å². The summed E-state index contributed by atoms with van der Waals surface area (Å²) in [6.45, 7) is 4.01. The Morgan fingerprint density at radius 2 is 0.875 bits per heavy atom. The Balaban J connectivity index is 3.78. The lowest BCUT2D eigenvalue weighted by Gasteiger charge is -2.27. The molecule has 0 aliphatic heterocycles. The molecule has 284 valence electrons. The van der Waals surface area contributed by atoms with Crippen molar-refractivity contribution in [1.29, 1.82) is 0 Å². The molecule has 0 radical (unpaired) electrons. The van der Waals surface area contributed by atoms with Crippen LogP contribution in [0.25, 0.3) is 0 Å². The highest BCUT2D eigenvalue weighted by Crippen LogP contribution is 2.16. The van der Waals surface area contributed by atoms with Crippen molar-refractivity contribution in [2.24, 2.45) is 0 Å². The number of aliphatic hydroxyl groups is 4. The van der Waals surface area contributed by atoms with Gasteiger partial charge in [-0.15, -0.1) is 0 Å². The average molecular weight is 680 g/mol. The molecule has 0 bridgehead atoms. The van der Waals surface area contributed by atoms with Crippen molar-refractivity contribution >= 4 is 5.91 Å². The summed E-state index contributed by atoms with van der Waals surface area (Å²) in [6.07, 6.45) is 40.6. The predicted octanol–water partition coefficient (Wildman–Crippen LogP) is 10.4. The van der Waals surface area contributed by atoms with Gasteiger partial charge >= 0.3 is 0 Å². The second-order valence-electron chi connectivity index (χ2n) is 14.3. The molecule has 48 heavy (non-hydrogen) atoms. The van der Waals surface area contributed by atoms with Gasteiger partial charge in [-0.3, -0.25) is 4.79 Å². The Morgan fingerprint density at radius 1 is 0.500 bits per heavy atom. The van der Waals surface area contributed by atoms with Crippen LogP contribution in [0.2, 0.25) is 0 Å². The molecule has 0 aromatic carbocycles. The van der Waals surface area contributed by atoms with Gasteiger partial charge in [0.1, 0.15) is 12.2 Å². The van der Waals surface area contributed by atoms with Gasteiger partial charge in [0.25, 0.3) is 0 Å². The molecule has 4 unspecified atom stereocenters. The van der Waals surface area contributed by atoms with Crippen molar-refractivity contribution in [3.8, 4) is 0 Å². The van der Waals surface area contributed by atoms with Gasteiger partial charge in [-0.05, 0) is 51.4 Å². The molecular formula is C42H81NO5. The standard InChI is InChI=1S/C42H81NO5/c1-3-5-7-9-11-13-15-17-18-19-20-21-22-24-26-28-30-32-34-36-40(46)42(48)43-38(37-44)41(47)39(45)35-33-31-29-27-25-23-16-14-12-10-8-6-4-2/h14,16,27,29,38-41,44-47H,3-13,15,17-26,28,30-37H2,1-2H3,(H,43,48)/b16-14+,29-27+. The zero-order chi connectivity index (χ0) is 35.3. The molecule has 0 rings (SSSR count). The third-order valence-electron chi connectivity index (χ3n) is 9.64. The van der Waals surface area contributed by atoms with Crippen LogP contribution in [0.15, 0.2) is 24.3 Å². The molecular weight excluding hydrogens is 598 g/mol. The third kappa shape index (κ3) is 30.8. The maximum absolute atomic E-state index is 12.5. The summed E-state index contributed by atoms with van der Waals surface area (Å²) >= 11 is 0. The fourth-order valence-electron chi connectivity index (χ4n) is 6.30. The fraction of sp³-hybridized carbons (Fsp3) is 0.881. The lowest BCUT2D eigenvalue weighted by Crippen LogP contribution is -2.53. The molecule has 0 saturated carbocycles. The normalized spacial score (nSPS) is 14.5. The molecule has 5 N–H and O–H groups in total. The Hall–Kier alpha value is -1.21. The largest absolute Gasteiger partial charge is 0.394 e. The molecule has 1 amide bonds. The number of aliphatic hydroxyl groups excluding tert-OH is 4. The first-order chi connectivity index (χ1) is 23.5. The topological polar surface area (TPSA) is 110 Å². The number of allylic oxidation sites excluding steroid dienone is 4. The van der Waals surface area contributed by atoms with Crippen LogP contribution in [-0.4, -0.2) is 57.3 Å². The van der Waals surface area contributed by atoms with Crippen LogP contribution in [0, 0.1) is 0 Å². The third-order valence-corrected chi connectivity index (χ3v) is 9.64. The first kappa shape index (κ1) is 46.8. The Bertz CT molecular complexity index is 727. The lowest BCUT2D eigenvalue weighted by atomic mass is 10.00. The minimum Gasteiger partial charge on any atom is -0.394 e. The Kier molecular flexibility index (Phi) is 36.1. The smallest absolute Gasteiger partial charge is 0.249 e. The van der Waals surface area contributed by atoms with E-state index in [1.54, 1.807) is 0 Å². The maximum atomic E-state index is 12.5. The highest BCUT2D eigenvalue weighted by molar-refractivity contribution is 5.80. The first-order valence-corrected chi connectivity index (χ1v) is 20.7. The molecule has 6 heteroatoms. The molecule has 0 aromatic heterocycles. The highest BCUT2D eigenvalue weighted by Gasteiger charge is 2.28. The minimum atomic E-state index is -1.28. The van der Waals surface area contributed by atoms with Crippen LogP contribution in [-0.2, 0) is 4.79 Å². The zero-order valence-corrected chi connectivity index (χ0v) is 31.7. The average Bonchev–Trinajstić information content (AvgIpc) is 3.09. The van der Waals surface area contributed by atoms with Gasteiger partial charge in [0.2, 0.25) is 5.91 Å². The summed E-state index contributed by atoms with van der Waals surface area (Å²) in [5, 5.41) is 43.5. The van der Waals surface area contributed by atoms with Gasteiger partial charge in [-0.2, -0.15) is 0 Å². The summed E-state index contributed by atoms with van der Waals surface area (Å²) < 4.78 is 0. The predicted molar refractivity (Wildman–Crippen MR) is 205 cm³/mol. The number of hydrogen-bond donors (Lipinski definition) is 5. The summed E-state index contributed by atoms with van der Waals surface area (Å²) in [6, 6.07) is -1.00. The summed E-state index contributed by atoms with van der Waals surface area (Å²) in [5.74, 6) is -0.597. The van der Waals surface area contributed by atoms with Crippen LogP contribution in [0.1, 0.15) is 206 Å². The van der Waals surface area contributed by atoms with E-state index in [2.05, 4.69) is 43.5 Å². The Labute approximate surface area is 297 Å². The number of rotatable bonds is 37. The van der Waals surface area contributed by atoms with E-state index in [-0.39, 0.29) is 0 Å². The van der Waals surface area contributed by atoms with Gasteiger partial charge in [-0.1, -0.05) is 179 Å². The van der Waals surface area contributed by atoms with Crippen LogP contribution in [0.4, 0.5) is 0 Å². The summed E-state index contributed by atoms with van der Waals surface area (Å²) in [4.78, 5) is 12.5. The number of amides is 1. The van der Waals surface area contributed by atoms with E-state index in [9.17, 15) is 25.2 Å². The summed E-state index contributed by atoms with van der Waals surface area (Å²) in [7, 11) is 0. The maximum Gasteiger partial charge on any atom is 0.249 e. The van der Waals surface area contributed by atoms with E-state index < -0.39 is 36.9 Å². The lowest BCUT2D eigenvalue weighted by molar-refractivity contribution is -0.132. The summed E-state index contributed by atoms with van der Waals surface area (Å²) in [5.41, 5.74) is 0. The van der Waals surface area contributed by atoms with E-state index in [4.69, 9.17) is 0 Å². The SMILES string of the molecule is CCCCCC/C=C/CC/C=C/CCCC(O)C(O)C(CO)NC(=O)C(O)CCCCCCCCCCCCCCCCCCCCC. The molecule has 0 aliphatic rings. The van der Waals surface area contributed by atoms with Gasteiger partial charge in [0.05, 0.1) is 18.8 Å². The number of carbonyl (C=O) groups excluding carboxylic acids is 1. The second kappa shape index (κ2) is 37.1. The van der Waals surface area contributed by atoms with Gasteiger partial charge in [-0.25, -0.2) is 0 Å². The van der Waals surface area contributed by atoms with Gasteiger partial charge in [0.15, 0.2) is 0 Å². The first-order valence-electron chi connectivity index (χ1n) is 20.7. The van der Waals surface area contributed by atoms with Crippen LogP contribution in [0.3, 0.4) is 0 Å². The van der Waals surface area contributed by atoms with Crippen molar-refractivity contribution in [3.63, 3.8) is 0 Å². The second-order valence-corrected chi connectivity index (χ2v) is 14.3. The molecule has 0 fully saturated rings. The monoisotopic (exact) mass is 680 g/mol. The van der Waals surface area contributed by atoms with Crippen molar-refractivity contribution in [2.75, 3.05) is 6.61 Å². The van der Waals surface area contributed by atoms with Crippen LogP contribution in [0.5, 0.6) is 0 Å². The van der Waals surface area contributed by atoms with Crippen LogP contribution >= 0.6 is 0 Å². The zero-order valence-electron chi connectivity index (χ0n) is 31.7. The molecule has 0 aliphatic carbocycles. The van der Waals surface area contributed by atoms with E-state index in [0.717, 1.165) is 44.9 Å². The van der Waals surface area contributed by atoms with E-state index >= 15 is 0 Å². The van der Waals surface area contributed by atoms with E-state index in [0.29, 0.717) is 19.3 Å². The Morgan fingerprint density at radius 3 is 1.31 bits per heavy atom. The van der Waals surface area contributed by atoms with Crippen molar-refractivity contribution in [3.05, 3.63) is 24.3 Å². The minimum absolute atomic E-state index is 0.364. The molecule has 0 heterocycles. The van der Waals surface area contributed by atoms with E-state index in [1.807, 2.05) is 0 Å². The van der Waals surface area contributed by atoms with Crippen molar-refractivity contribution in [1.82, 2.24) is 5.32 Å². The van der Waals surface area contributed by atoms with Gasteiger partial charge < -0.3 is 25.7 Å².